The van der Waals surface area contributed by atoms with Crippen LogP contribution in [-0.4, -0.2) is 101 Å². The minimum absolute atomic E-state index is 0.00654. The lowest BCUT2D eigenvalue weighted by atomic mass is 9.85. The van der Waals surface area contributed by atoms with Gasteiger partial charge in [-0.15, -0.1) is 0 Å². The second kappa shape index (κ2) is 11.9. The minimum Gasteiger partial charge on any atom is -0.481 e. The van der Waals surface area contributed by atoms with E-state index in [0.29, 0.717) is 50.5 Å². The number of unbranched alkanes of at least 4 members (excludes halogenated alkanes) is 1. The van der Waals surface area contributed by atoms with Crippen LogP contribution in [0.25, 0.3) is 0 Å². The van der Waals surface area contributed by atoms with Gasteiger partial charge in [-0.05, 0) is 37.0 Å². The van der Waals surface area contributed by atoms with Gasteiger partial charge in [-0.3, -0.25) is 19.3 Å². The molecule has 10 heteroatoms. The van der Waals surface area contributed by atoms with Crippen molar-refractivity contribution >= 4 is 17.8 Å². The molecule has 3 aliphatic heterocycles. The van der Waals surface area contributed by atoms with Crippen molar-refractivity contribution in [1.82, 2.24) is 14.7 Å². The van der Waals surface area contributed by atoms with Gasteiger partial charge in [0.25, 0.3) is 0 Å². The number of carboxylic acid groups (broad SMARTS) is 1. The topological polar surface area (TPSA) is 120 Å². The predicted molar refractivity (Wildman–Crippen MR) is 131 cm³/mol. The van der Waals surface area contributed by atoms with Crippen molar-refractivity contribution in [2.45, 2.75) is 51.0 Å². The van der Waals surface area contributed by atoms with E-state index in [1.165, 1.54) is 0 Å². The number of hydrogen-bond acceptors (Lipinski definition) is 7. The molecule has 36 heavy (non-hydrogen) atoms. The zero-order valence-electron chi connectivity index (χ0n) is 20.9. The summed E-state index contributed by atoms with van der Waals surface area (Å²) in [7, 11) is 0. The summed E-state index contributed by atoms with van der Waals surface area (Å²) in [4.78, 5) is 43.9. The summed E-state index contributed by atoms with van der Waals surface area (Å²) < 4.78 is 10.9. The Bertz CT molecular complexity index is 947. The van der Waals surface area contributed by atoms with Crippen molar-refractivity contribution < 1.29 is 34.1 Å². The van der Waals surface area contributed by atoms with Crippen LogP contribution in [0.15, 0.2) is 18.2 Å². The zero-order chi connectivity index (χ0) is 25.7. The average Bonchev–Trinajstić information content (AvgIpc) is 3.58. The average molecular weight is 504 g/mol. The number of carboxylic acids is 1. The van der Waals surface area contributed by atoms with Gasteiger partial charge in [-0.1, -0.05) is 19.4 Å². The van der Waals surface area contributed by atoms with Crippen molar-refractivity contribution in [3.05, 3.63) is 23.8 Å². The van der Waals surface area contributed by atoms with E-state index in [0.717, 1.165) is 24.8 Å². The molecule has 3 heterocycles. The Morgan fingerprint density at radius 2 is 1.94 bits per heavy atom. The number of hydrogen-bond donors (Lipinski definition) is 2. The van der Waals surface area contributed by atoms with Gasteiger partial charge in [0.1, 0.15) is 0 Å². The van der Waals surface area contributed by atoms with Crippen LogP contribution in [0.1, 0.15) is 50.5 Å². The van der Waals surface area contributed by atoms with Crippen LogP contribution in [0.4, 0.5) is 0 Å². The number of aliphatic carboxylic acids is 1. The standard InChI is InChI=1S/C26H37N3O7/c1-2-3-9-27(11-5-12-30)24(32)16-29-14-19(18-7-8-21-22(13-18)36-17-35-21)25(26(33)34)20(29)15-28-10-4-6-23(28)31/h7-8,13,19-20,25,30H,2-6,9-12,14-17H2,1H3,(H,33,34). The van der Waals surface area contributed by atoms with E-state index in [2.05, 4.69) is 6.92 Å². The maximum absolute atomic E-state index is 13.4. The normalized spacial score (nSPS) is 23.4. The number of carbonyl (C=O) groups excluding carboxylic acids is 2. The molecule has 4 rings (SSSR count). The highest BCUT2D eigenvalue weighted by Crippen LogP contribution is 2.42. The molecule has 0 aliphatic carbocycles. The van der Waals surface area contributed by atoms with Crippen molar-refractivity contribution in [1.29, 1.82) is 0 Å². The Balaban J connectivity index is 1.60. The molecule has 3 atom stereocenters. The summed E-state index contributed by atoms with van der Waals surface area (Å²) in [6.07, 6.45) is 3.54. The number of amides is 2. The lowest BCUT2D eigenvalue weighted by Gasteiger charge is -2.32. The van der Waals surface area contributed by atoms with E-state index in [1.807, 2.05) is 17.0 Å². The van der Waals surface area contributed by atoms with Gasteiger partial charge in [0, 0.05) is 57.7 Å². The summed E-state index contributed by atoms with van der Waals surface area (Å²) in [6.45, 7) is 4.63. The maximum atomic E-state index is 13.4. The second-order valence-electron chi connectivity index (χ2n) is 9.83. The van der Waals surface area contributed by atoms with Crippen LogP contribution in [0.5, 0.6) is 11.5 Å². The minimum atomic E-state index is -0.938. The fraction of sp³-hybridized carbons (Fsp3) is 0.654. The first kappa shape index (κ1) is 26.2. The fourth-order valence-electron chi connectivity index (χ4n) is 5.57. The molecular formula is C26H37N3O7. The smallest absolute Gasteiger partial charge is 0.308 e. The Morgan fingerprint density at radius 1 is 1.17 bits per heavy atom. The Morgan fingerprint density at radius 3 is 2.64 bits per heavy atom. The molecule has 2 amide bonds. The largest absolute Gasteiger partial charge is 0.481 e. The first-order valence-corrected chi connectivity index (χ1v) is 13.0. The van der Waals surface area contributed by atoms with Gasteiger partial charge >= 0.3 is 5.97 Å². The molecule has 2 saturated heterocycles. The van der Waals surface area contributed by atoms with Gasteiger partial charge in [0.15, 0.2) is 11.5 Å². The number of ether oxygens (including phenoxy) is 2. The van der Waals surface area contributed by atoms with Crippen LogP contribution in [0.3, 0.4) is 0 Å². The Hall–Kier alpha value is -2.85. The summed E-state index contributed by atoms with van der Waals surface area (Å²) in [5.41, 5.74) is 0.822. The number of likely N-dealkylation sites (tertiary alicyclic amines) is 2. The molecule has 2 N–H and O–H groups in total. The van der Waals surface area contributed by atoms with Crippen molar-refractivity contribution in [3.63, 3.8) is 0 Å². The molecule has 2 fully saturated rings. The molecule has 0 bridgehead atoms. The van der Waals surface area contributed by atoms with Crippen molar-refractivity contribution in [2.75, 3.05) is 52.7 Å². The highest BCUT2D eigenvalue weighted by Gasteiger charge is 2.48. The van der Waals surface area contributed by atoms with Gasteiger partial charge in [-0.25, -0.2) is 0 Å². The molecule has 0 radical (unpaired) electrons. The fourth-order valence-corrected chi connectivity index (χ4v) is 5.57. The van der Waals surface area contributed by atoms with Gasteiger partial charge in [0.05, 0.1) is 12.5 Å². The molecule has 3 unspecified atom stereocenters. The SMILES string of the molecule is CCCCN(CCCO)C(=O)CN1CC(c2ccc3c(c2)OCO3)C(C(=O)O)C1CN1CCCC1=O. The highest BCUT2D eigenvalue weighted by molar-refractivity contribution is 5.80. The van der Waals surface area contributed by atoms with Gasteiger partial charge in [-0.2, -0.15) is 0 Å². The molecule has 1 aromatic rings. The number of carbonyl (C=O) groups is 3. The van der Waals surface area contributed by atoms with Crippen LogP contribution in [0, 0.1) is 5.92 Å². The van der Waals surface area contributed by atoms with E-state index >= 15 is 0 Å². The zero-order valence-corrected chi connectivity index (χ0v) is 20.9. The quantitative estimate of drug-likeness (QED) is 0.441. The summed E-state index contributed by atoms with van der Waals surface area (Å²) in [6, 6.07) is 5.01. The summed E-state index contributed by atoms with van der Waals surface area (Å²) in [5.74, 6) is -0.915. The number of aliphatic hydroxyl groups excluding tert-OH is 1. The number of benzene rings is 1. The number of aliphatic hydroxyl groups is 1. The molecule has 3 aliphatic rings. The van der Waals surface area contributed by atoms with Crippen LogP contribution >= 0.6 is 0 Å². The second-order valence-corrected chi connectivity index (χ2v) is 9.83. The molecule has 1 aromatic carbocycles. The molecule has 0 saturated carbocycles. The summed E-state index contributed by atoms with van der Waals surface area (Å²) >= 11 is 0. The highest BCUT2D eigenvalue weighted by atomic mass is 16.7. The van der Waals surface area contributed by atoms with E-state index in [9.17, 15) is 24.6 Å². The van der Waals surface area contributed by atoms with Gasteiger partial charge in [0.2, 0.25) is 18.6 Å². The number of nitrogens with zero attached hydrogens (tertiary/aromatic N) is 3. The van der Waals surface area contributed by atoms with Crippen molar-refractivity contribution in [2.24, 2.45) is 5.92 Å². The lowest BCUT2D eigenvalue weighted by molar-refractivity contribution is -0.144. The molecule has 0 aromatic heterocycles. The third-order valence-corrected chi connectivity index (χ3v) is 7.50. The molecule has 10 nitrogen and oxygen atoms in total. The Kier molecular flexibility index (Phi) is 8.68. The molecular weight excluding hydrogens is 466 g/mol. The van der Waals surface area contributed by atoms with E-state index in [1.54, 1.807) is 15.9 Å². The van der Waals surface area contributed by atoms with Crippen LogP contribution in [0.2, 0.25) is 0 Å². The van der Waals surface area contributed by atoms with Crippen LogP contribution < -0.4 is 9.47 Å². The third-order valence-electron chi connectivity index (χ3n) is 7.50. The van der Waals surface area contributed by atoms with Gasteiger partial charge < -0.3 is 29.5 Å². The van der Waals surface area contributed by atoms with E-state index in [4.69, 9.17) is 9.47 Å². The monoisotopic (exact) mass is 503 g/mol. The lowest BCUT2D eigenvalue weighted by Crippen LogP contribution is -2.49. The molecule has 198 valence electrons. The molecule has 0 spiro atoms. The predicted octanol–water partition coefficient (Wildman–Crippen LogP) is 1.52. The number of fused-ring (bicyclic) bond motifs is 1. The summed E-state index contributed by atoms with van der Waals surface area (Å²) in [5, 5.41) is 19.6. The number of rotatable bonds is 12. The maximum Gasteiger partial charge on any atom is 0.308 e. The van der Waals surface area contributed by atoms with Crippen molar-refractivity contribution in [3.8, 4) is 11.5 Å². The first-order valence-electron chi connectivity index (χ1n) is 13.0. The van der Waals surface area contributed by atoms with E-state index < -0.39 is 17.9 Å². The van der Waals surface area contributed by atoms with Crippen LogP contribution in [-0.2, 0) is 14.4 Å². The first-order chi connectivity index (χ1) is 17.4. The van der Waals surface area contributed by atoms with E-state index in [-0.39, 0.29) is 44.2 Å². The Labute approximate surface area is 211 Å². The third kappa shape index (κ3) is 5.75.